The second kappa shape index (κ2) is 6.40. The third-order valence-electron chi connectivity index (χ3n) is 4.06. The van der Waals surface area contributed by atoms with Gasteiger partial charge in [-0.3, -0.25) is 0 Å². The molecule has 7 nitrogen and oxygen atoms in total. The van der Waals surface area contributed by atoms with Crippen molar-refractivity contribution < 1.29 is 22.6 Å². The van der Waals surface area contributed by atoms with Crippen LogP contribution < -0.4 is 9.46 Å². The second-order valence-electron chi connectivity index (χ2n) is 5.37. The lowest BCUT2D eigenvalue weighted by Gasteiger charge is -2.37. The molecule has 124 valence electrons. The van der Waals surface area contributed by atoms with Crippen molar-refractivity contribution in [2.75, 3.05) is 26.4 Å². The summed E-state index contributed by atoms with van der Waals surface area (Å²) in [4.78, 5) is 3.98. The van der Waals surface area contributed by atoms with Crippen LogP contribution >= 0.6 is 11.3 Å². The topological polar surface area (TPSA) is 86.8 Å². The van der Waals surface area contributed by atoms with Gasteiger partial charge in [0, 0.05) is 32.7 Å². The van der Waals surface area contributed by atoms with Gasteiger partial charge in [0.05, 0.1) is 24.4 Å². The Hall–Kier alpha value is -0.740. The minimum Gasteiger partial charge on any atom is -0.470 e. The van der Waals surface area contributed by atoms with Gasteiger partial charge < -0.3 is 14.2 Å². The second-order valence-corrected chi connectivity index (χ2v) is 8.30. The van der Waals surface area contributed by atoms with Crippen molar-refractivity contribution in [3.05, 3.63) is 6.20 Å². The van der Waals surface area contributed by atoms with Crippen molar-refractivity contribution in [3.8, 4) is 5.19 Å². The number of thiazole rings is 1. The molecular weight excluding hydrogens is 328 g/mol. The van der Waals surface area contributed by atoms with E-state index in [9.17, 15) is 8.42 Å². The highest BCUT2D eigenvalue weighted by Gasteiger charge is 2.47. The summed E-state index contributed by atoms with van der Waals surface area (Å²) in [6, 6.07) is -0.223. The zero-order valence-electron chi connectivity index (χ0n) is 12.4. The first-order chi connectivity index (χ1) is 10.6. The van der Waals surface area contributed by atoms with Crippen molar-refractivity contribution in [1.29, 1.82) is 0 Å². The molecule has 1 aromatic rings. The monoisotopic (exact) mass is 348 g/mol. The lowest BCUT2D eigenvalue weighted by atomic mass is 9.87. The molecule has 3 rings (SSSR count). The quantitative estimate of drug-likeness (QED) is 0.859. The molecule has 3 heterocycles. The van der Waals surface area contributed by atoms with Crippen LogP contribution in [0.4, 0.5) is 0 Å². The number of nitrogens with zero attached hydrogens (tertiary/aromatic N) is 1. The highest BCUT2D eigenvalue weighted by Crippen LogP contribution is 2.36. The van der Waals surface area contributed by atoms with E-state index in [4.69, 9.17) is 14.2 Å². The molecule has 2 fully saturated rings. The maximum absolute atomic E-state index is 12.5. The van der Waals surface area contributed by atoms with E-state index >= 15 is 0 Å². The van der Waals surface area contributed by atoms with Crippen LogP contribution in [0.15, 0.2) is 10.4 Å². The van der Waals surface area contributed by atoms with E-state index in [1.165, 1.54) is 6.20 Å². The molecule has 0 bridgehead atoms. The van der Waals surface area contributed by atoms with Gasteiger partial charge in [-0.15, -0.1) is 0 Å². The number of nitrogens with one attached hydrogen (secondary N) is 1. The number of hydrogen-bond acceptors (Lipinski definition) is 7. The largest absolute Gasteiger partial charge is 0.470 e. The van der Waals surface area contributed by atoms with Crippen LogP contribution in [-0.2, 0) is 19.5 Å². The van der Waals surface area contributed by atoms with Gasteiger partial charge in [-0.05, 0) is 13.3 Å². The van der Waals surface area contributed by atoms with E-state index in [0.717, 1.165) is 11.3 Å². The molecule has 0 saturated carbocycles. The van der Waals surface area contributed by atoms with Gasteiger partial charge in [0.25, 0.3) is 15.2 Å². The Balaban J connectivity index is 1.75. The Kier molecular flexibility index (Phi) is 4.69. The molecule has 2 saturated heterocycles. The minimum atomic E-state index is -3.61. The van der Waals surface area contributed by atoms with Crippen LogP contribution in [0.2, 0.25) is 0 Å². The molecule has 1 unspecified atom stereocenters. The van der Waals surface area contributed by atoms with E-state index in [-0.39, 0.29) is 10.3 Å². The zero-order chi connectivity index (χ0) is 15.6. The maximum atomic E-state index is 12.5. The van der Waals surface area contributed by atoms with Gasteiger partial charge in [0.1, 0.15) is 0 Å². The first-order valence-corrected chi connectivity index (χ1v) is 9.68. The fourth-order valence-corrected chi connectivity index (χ4v) is 5.30. The fourth-order valence-electron chi connectivity index (χ4n) is 2.92. The SMILES string of the molecule is CCOc1ncc(S(=O)(=O)NC2CCOC23CCOCC3)s1. The van der Waals surface area contributed by atoms with Gasteiger partial charge in [0.2, 0.25) is 0 Å². The Morgan fingerprint density at radius 2 is 2.23 bits per heavy atom. The summed E-state index contributed by atoms with van der Waals surface area (Å²) >= 11 is 1.03. The number of rotatable bonds is 5. The first-order valence-electron chi connectivity index (χ1n) is 7.38. The number of hydrogen-bond donors (Lipinski definition) is 1. The van der Waals surface area contributed by atoms with E-state index < -0.39 is 15.6 Å². The number of ether oxygens (including phenoxy) is 3. The predicted octanol–water partition coefficient (Wildman–Crippen LogP) is 1.16. The molecule has 1 N–H and O–H groups in total. The summed E-state index contributed by atoms with van der Waals surface area (Å²) in [6.45, 7) is 4.07. The Morgan fingerprint density at radius 3 is 2.95 bits per heavy atom. The van der Waals surface area contributed by atoms with Gasteiger partial charge in [0.15, 0.2) is 4.21 Å². The fraction of sp³-hybridized carbons (Fsp3) is 0.769. The molecule has 0 aromatic carbocycles. The highest BCUT2D eigenvalue weighted by molar-refractivity contribution is 7.91. The maximum Gasteiger partial charge on any atom is 0.274 e. The van der Waals surface area contributed by atoms with Crippen molar-refractivity contribution in [2.24, 2.45) is 0 Å². The molecule has 1 aromatic heterocycles. The molecule has 1 atom stereocenters. The van der Waals surface area contributed by atoms with Gasteiger partial charge in [-0.25, -0.2) is 18.1 Å². The highest BCUT2D eigenvalue weighted by atomic mass is 32.2. The van der Waals surface area contributed by atoms with Crippen LogP contribution in [-0.4, -0.2) is 51.5 Å². The normalized spacial score (nSPS) is 24.7. The summed E-state index contributed by atoms with van der Waals surface area (Å²) in [5, 5.41) is 0.367. The minimum absolute atomic E-state index is 0.171. The van der Waals surface area contributed by atoms with Crippen LogP contribution in [0, 0.1) is 0 Å². The summed E-state index contributed by atoms with van der Waals surface area (Å²) < 4.78 is 44.5. The summed E-state index contributed by atoms with van der Waals surface area (Å²) in [7, 11) is -3.61. The Labute approximate surface area is 134 Å². The van der Waals surface area contributed by atoms with E-state index in [2.05, 4.69) is 9.71 Å². The smallest absolute Gasteiger partial charge is 0.274 e. The third-order valence-corrected chi connectivity index (χ3v) is 6.91. The van der Waals surface area contributed by atoms with E-state index in [1.54, 1.807) is 0 Å². The molecular formula is C13H20N2O5S2. The summed E-state index contributed by atoms with van der Waals surface area (Å²) in [5.74, 6) is 0. The Morgan fingerprint density at radius 1 is 1.45 bits per heavy atom. The third kappa shape index (κ3) is 3.13. The molecule has 0 radical (unpaired) electrons. The molecule has 9 heteroatoms. The van der Waals surface area contributed by atoms with Gasteiger partial charge in [-0.1, -0.05) is 11.3 Å². The molecule has 2 aliphatic rings. The first kappa shape index (κ1) is 16.1. The van der Waals surface area contributed by atoms with Gasteiger partial charge in [-0.2, -0.15) is 0 Å². The molecule has 0 amide bonds. The predicted molar refractivity (Wildman–Crippen MR) is 80.7 cm³/mol. The molecule has 2 aliphatic heterocycles. The average molecular weight is 348 g/mol. The van der Waals surface area contributed by atoms with Crippen molar-refractivity contribution >= 4 is 21.4 Å². The molecule has 22 heavy (non-hydrogen) atoms. The zero-order valence-corrected chi connectivity index (χ0v) is 14.0. The van der Waals surface area contributed by atoms with E-state index in [1.807, 2.05) is 6.92 Å². The van der Waals surface area contributed by atoms with E-state index in [0.29, 0.717) is 50.9 Å². The molecule has 1 spiro atoms. The standard InChI is InChI=1S/C13H20N2O5S2/c1-2-19-12-14-9-11(21-12)22(16,17)15-10-3-6-20-13(10)4-7-18-8-5-13/h9-10,15H,2-8H2,1H3. The number of sulfonamides is 1. The van der Waals surface area contributed by atoms with Crippen LogP contribution in [0.1, 0.15) is 26.2 Å². The number of aromatic nitrogens is 1. The summed E-state index contributed by atoms with van der Waals surface area (Å²) in [6.07, 6.45) is 3.45. The van der Waals surface area contributed by atoms with Gasteiger partial charge >= 0.3 is 0 Å². The van der Waals surface area contributed by atoms with Crippen molar-refractivity contribution in [1.82, 2.24) is 9.71 Å². The lowest BCUT2D eigenvalue weighted by Crippen LogP contribution is -2.52. The molecule has 0 aliphatic carbocycles. The van der Waals surface area contributed by atoms with Crippen LogP contribution in [0.5, 0.6) is 5.19 Å². The van der Waals surface area contributed by atoms with Crippen molar-refractivity contribution in [2.45, 2.75) is 42.0 Å². The average Bonchev–Trinajstić information content (AvgIpc) is 3.09. The Bertz CT molecular complexity index is 610. The van der Waals surface area contributed by atoms with Crippen molar-refractivity contribution in [3.63, 3.8) is 0 Å². The summed E-state index contributed by atoms with van der Waals surface area (Å²) in [5.41, 5.74) is -0.432. The van der Waals surface area contributed by atoms with Crippen LogP contribution in [0.3, 0.4) is 0 Å². The lowest BCUT2D eigenvalue weighted by molar-refractivity contribution is -0.0858. The van der Waals surface area contributed by atoms with Crippen LogP contribution in [0.25, 0.3) is 0 Å².